The molecule has 0 atom stereocenters. The van der Waals surface area contributed by atoms with Gasteiger partial charge in [-0.25, -0.2) is 8.42 Å². The Kier molecular flexibility index (Phi) is 3.15. The van der Waals surface area contributed by atoms with Gasteiger partial charge in [-0.05, 0) is 29.9 Å². The van der Waals surface area contributed by atoms with Gasteiger partial charge in [0.1, 0.15) is 4.90 Å². The summed E-state index contributed by atoms with van der Waals surface area (Å²) in [6.07, 6.45) is 3.00. The van der Waals surface area contributed by atoms with E-state index in [2.05, 4.69) is 9.82 Å². The van der Waals surface area contributed by atoms with Crippen molar-refractivity contribution in [2.75, 3.05) is 0 Å². The Morgan fingerprint density at radius 2 is 2.00 bits per heavy atom. The van der Waals surface area contributed by atoms with E-state index in [4.69, 9.17) is 0 Å². The van der Waals surface area contributed by atoms with Gasteiger partial charge in [0.05, 0.1) is 11.4 Å². The number of carbonyl (C=O) groups excluding carboxylic acids is 1. The molecular formula is C13H12N2O4S. The molecule has 0 unspecified atom stereocenters. The predicted octanol–water partition coefficient (Wildman–Crippen LogP) is 1.38. The molecule has 0 amide bonds. The van der Waals surface area contributed by atoms with E-state index in [1.807, 2.05) is 4.89 Å². The lowest BCUT2D eigenvalue weighted by atomic mass is 10.2. The van der Waals surface area contributed by atoms with Crippen LogP contribution in [-0.4, -0.2) is 19.4 Å². The van der Waals surface area contributed by atoms with Gasteiger partial charge in [0, 0.05) is 11.6 Å². The van der Waals surface area contributed by atoms with Crippen LogP contribution in [0.25, 0.3) is 10.9 Å². The van der Waals surface area contributed by atoms with Crippen molar-refractivity contribution < 1.29 is 18.0 Å². The quantitative estimate of drug-likeness (QED) is 0.860. The van der Waals surface area contributed by atoms with Crippen molar-refractivity contribution in [1.29, 1.82) is 0 Å². The molecule has 3 rings (SSSR count). The summed E-state index contributed by atoms with van der Waals surface area (Å²) in [5.41, 5.74) is 0.338. The van der Waals surface area contributed by atoms with E-state index in [1.54, 1.807) is 24.3 Å². The minimum absolute atomic E-state index is 0.0146. The summed E-state index contributed by atoms with van der Waals surface area (Å²) in [6.45, 7) is 0. The summed E-state index contributed by atoms with van der Waals surface area (Å²) in [6, 6.07) is 8.28. The fraction of sp³-hybridized carbons (Fsp3) is 0.231. The Morgan fingerprint density at radius 1 is 1.25 bits per heavy atom. The molecule has 0 radical (unpaired) electrons. The maximum Gasteiger partial charge on any atom is 0.329 e. The number of para-hydroxylation sites is 1. The summed E-state index contributed by atoms with van der Waals surface area (Å²) in [5.74, 6) is -0.717. The Balaban J connectivity index is 1.90. The van der Waals surface area contributed by atoms with Crippen LogP contribution < -0.4 is 4.89 Å². The highest BCUT2D eigenvalue weighted by atomic mass is 32.2. The normalized spacial score (nSPS) is 15.2. The van der Waals surface area contributed by atoms with Gasteiger partial charge >= 0.3 is 5.97 Å². The summed E-state index contributed by atoms with van der Waals surface area (Å²) in [5, 5.41) is 0.698. The zero-order valence-electron chi connectivity index (χ0n) is 10.4. The summed E-state index contributed by atoms with van der Waals surface area (Å²) in [4.78, 5) is 21.9. The average molecular weight is 292 g/mol. The van der Waals surface area contributed by atoms with E-state index >= 15 is 0 Å². The lowest BCUT2D eigenvalue weighted by Gasteiger charge is -2.08. The number of benzene rings is 1. The van der Waals surface area contributed by atoms with Crippen LogP contribution in [0, 0.1) is 5.92 Å². The maximum absolute atomic E-state index is 12.2. The Hall–Kier alpha value is -1.99. The van der Waals surface area contributed by atoms with Gasteiger partial charge in [0.15, 0.2) is 0 Å². The number of sulfonamides is 1. The van der Waals surface area contributed by atoms with Gasteiger partial charge in [-0.2, -0.15) is 0 Å². The Morgan fingerprint density at radius 3 is 2.75 bits per heavy atom. The molecule has 1 aromatic heterocycles. The summed E-state index contributed by atoms with van der Waals surface area (Å²) in [7, 11) is -3.94. The number of fused-ring (bicyclic) bond motifs is 1. The Labute approximate surface area is 115 Å². The van der Waals surface area contributed by atoms with E-state index in [0.717, 1.165) is 12.8 Å². The van der Waals surface area contributed by atoms with Crippen LogP contribution in [0.15, 0.2) is 41.4 Å². The first-order valence-corrected chi connectivity index (χ1v) is 7.62. The molecule has 0 saturated heterocycles. The topological polar surface area (TPSA) is 85.4 Å². The molecule has 20 heavy (non-hydrogen) atoms. The van der Waals surface area contributed by atoms with Crippen LogP contribution in [0.2, 0.25) is 0 Å². The smallest absolute Gasteiger partial charge is 0.329 e. The highest BCUT2D eigenvalue weighted by Crippen LogP contribution is 2.30. The number of nitrogens with one attached hydrogen (secondary N) is 1. The summed E-state index contributed by atoms with van der Waals surface area (Å²) >= 11 is 0. The Bertz CT molecular complexity index is 764. The van der Waals surface area contributed by atoms with E-state index < -0.39 is 16.0 Å². The highest BCUT2D eigenvalue weighted by molar-refractivity contribution is 7.89. The fourth-order valence-electron chi connectivity index (χ4n) is 1.84. The molecule has 2 aromatic rings. The van der Waals surface area contributed by atoms with Crippen LogP contribution in [-0.2, 0) is 19.7 Å². The second-order valence-electron chi connectivity index (χ2n) is 4.61. The predicted molar refractivity (Wildman–Crippen MR) is 70.9 cm³/mol. The average Bonchev–Trinajstić information content (AvgIpc) is 3.29. The second kappa shape index (κ2) is 4.84. The molecule has 1 N–H and O–H groups in total. The minimum Gasteiger partial charge on any atom is -0.355 e. The lowest BCUT2D eigenvalue weighted by molar-refractivity contribution is -0.148. The molecular weight excluding hydrogens is 280 g/mol. The molecule has 104 valence electrons. The number of aromatic nitrogens is 1. The van der Waals surface area contributed by atoms with E-state index in [-0.39, 0.29) is 10.8 Å². The van der Waals surface area contributed by atoms with Crippen LogP contribution in [0.3, 0.4) is 0 Å². The maximum atomic E-state index is 12.2. The second-order valence-corrected chi connectivity index (χ2v) is 6.23. The fourth-order valence-corrected chi connectivity index (χ4v) is 2.80. The van der Waals surface area contributed by atoms with Crippen molar-refractivity contribution in [3.63, 3.8) is 0 Å². The van der Waals surface area contributed by atoms with Gasteiger partial charge in [0.2, 0.25) is 0 Å². The molecule has 7 heteroatoms. The van der Waals surface area contributed by atoms with Crippen LogP contribution in [0.4, 0.5) is 0 Å². The third-order valence-electron chi connectivity index (χ3n) is 3.05. The first kappa shape index (κ1) is 13.0. The van der Waals surface area contributed by atoms with E-state index in [0.29, 0.717) is 10.9 Å². The molecule has 1 aromatic carbocycles. The molecule has 1 heterocycles. The monoisotopic (exact) mass is 292 g/mol. The van der Waals surface area contributed by atoms with E-state index in [1.165, 1.54) is 12.3 Å². The van der Waals surface area contributed by atoms with Crippen LogP contribution in [0.5, 0.6) is 0 Å². The van der Waals surface area contributed by atoms with Gasteiger partial charge in [-0.3, -0.25) is 9.78 Å². The third-order valence-corrected chi connectivity index (χ3v) is 4.26. The molecule has 1 saturated carbocycles. The zero-order valence-corrected chi connectivity index (χ0v) is 11.3. The molecule has 0 spiro atoms. The van der Waals surface area contributed by atoms with Gasteiger partial charge in [0.25, 0.3) is 10.0 Å². The molecule has 1 aliphatic rings. The van der Waals surface area contributed by atoms with Crippen LogP contribution >= 0.6 is 0 Å². The lowest BCUT2D eigenvalue weighted by Crippen LogP contribution is -2.28. The van der Waals surface area contributed by atoms with Gasteiger partial charge in [-0.15, -0.1) is 0 Å². The zero-order chi connectivity index (χ0) is 14.2. The van der Waals surface area contributed by atoms with Crippen molar-refractivity contribution >= 4 is 26.9 Å². The van der Waals surface area contributed by atoms with Crippen LogP contribution in [0.1, 0.15) is 12.8 Å². The number of carbonyl (C=O) groups is 1. The van der Waals surface area contributed by atoms with E-state index in [9.17, 15) is 13.2 Å². The van der Waals surface area contributed by atoms with Gasteiger partial charge < -0.3 is 4.84 Å². The third kappa shape index (κ3) is 2.50. The van der Waals surface area contributed by atoms with Crippen molar-refractivity contribution in [1.82, 2.24) is 9.87 Å². The number of hydrogen-bond acceptors (Lipinski definition) is 5. The van der Waals surface area contributed by atoms with Crippen molar-refractivity contribution in [3.8, 4) is 0 Å². The summed E-state index contributed by atoms with van der Waals surface area (Å²) < 4.78 is 24.3. The van der Waals surface area contributed by atoms with Crippen molar-refractivity contribution in [2.45, 2.75) is 17.7 Å². The SMILES string of the molecule is O=C(ONS(=O)(=O)c1cccc2cccnc12)C1CC1. The number of hydrogen-bond donors (Lipinski definition) is 1. The number of pyridine rings is 1. The first-order chi connectivity index (χ1) is 9.58. The highest BCUT2D eigenvalue weighted by Gasteiger charge is 2.33. The molecule has 1 aliphatic carbocycles. The number of rotatable bonds is 4. The largest absolute Gasteiger partial charge is 0.355 e. The van der Waals surface area contributed by atoms with Crippen molar-refractivity contribution in [3.05, 3.63) is 36.5 Å². The van der Waals surface area contributed by atoms with Crippen molar-refractivity contribution in [2.24, 2.45) is 5.92 Å². The molecule has 0 bridgehead atoms. The minimum atomic E-state index is -3.94. The molecule has 1 fully saturated rings. The molecule has 0 aliphatic heterocycles. The van der Waals surface area contributed by atoms with Gasteiger partial charge in [-0.1, -0.05) is 18.2 Å². The standard InChI is InChI=1S/C13H12N2O4S/c16-13(10-6-7-10)19-15-20(17,18)11-5-1-3-9-4-2-8-14-12(9)11/h1-5,8,10,15H,6-7H2. The molecule has 6 nitrogen and oxygen atoms in total. The number of nitrogens with zero attached hydrogens (tertiary/aromatic N) is 1. The first-order valence-electron chi connectivity index (χ1n) is 6.14.